The molecule has 7 nitrogen and oxygen atoms in total. The topological polar surface area (TPSA) is 63.5 Å². The normalized spacial score (nSPS) is 21.1. The van der Waals surface area contributed by atoms with Gasteiger partial charge < -0.3 is 9.64 Å². The largest absolute Gasteiger partial charge is 0.495 e. The fourth-order valence-corrected chi connectivity index (χ4v) is 6.19. The first-order chi connectivity index (χ1) is 17.0. The number of carbonyl (C=O) groups excluding carboxylic acids is 1. The SMILES string of the molecule is COc1ccc(CC(=O)N2CCC3(CC2)CN(C2CCc4cc(-c5ccn(C)n5)ccc42)C3)nc1. The highest BCUT2D eigenvalue weighted by Crippen LogP contribution is 2.48. The maximum atomic E-state index is 12.8. The van der Waals surface area contributed by atoms with Crippen molar-refractivity contribution in [3.8, 4) is 17.0 Å². The number of carbonyl (C=O) groups is 1. The fraction of sp³-hybridized carbons (Fsp3) is 0.464. The summed E-state index contributed by atoms with van der Waals surface area (Å²) in [6.07, 6.45) is 8.59. The number of likely N-dealkylation sites (tertiary alicyclic amines) is 2. The molecule has 2 aromatic heterocycles. The van der Waals surface area contributed by atoms with Crippen LogP contribution in [0.4, 0.5) is 0 Å². The zero-order chi connectivity index (χ0) is 24.0. The summed E-state index contributed by atoms with van der Waals surface area (Å²) in [6.45, 7) is 4.03. The van der Waals surface area contributed by atoms with Gasteiger partial charge >= 0.3 is 0 Å². The van der Waals surface area contributed by atoms with E-state index in [2.05, 4.69) is 39.2 Å². The molecule has 1 spiro atoms. The molecule has 0 bridgehead atoms. The van der Waals surface area contributed by atoms with E-state index in [-0.39, 0.29) is 5.91 Å². The van der Waals surface area contributed by atoms with Crippen LogP contribution < -0.4 is 4.74 Å². The van der Waals surface area contributed by atoms with Crippen molar-refractivity contribution >= 4 is 5.91 Å². The summed E-state index contributed by atoms with van der Waals surface area (Å²) in [6, 6.07) is 13.3. The van der Waals surface area contributed by atoms with E-state index in [1.807, 2.05) is 35.0 Å². The van der Waals surface area contributed by atoms with E-state index in [0.29, 0.717) is 23.6 Å². The molecular weight excluding hydrogens is 438 g/mol. The summed E-state index contributed by atoms with van der Waals surface area (Å²) in [5.74, 6) is 0.899. The zero-order valence-corrected chi connectivity index (χ0v) is 20.6. The van der Waals surface area contributed by atoms with Crippen LogP contribution in [0.2, 0.25) is 0 Å². The molecular formula is C28H33N5O2. The maximum absolute atomic E-state index is 12.8. The predicted octanol–water partition coefficient (Wildman–Crippen LogP) is 3.65. The zero-order valence-electron chi connectivity index (χ0n) is 20.6. The lowest BCUT2D eigenvalue weighted by Crippen LogP contribution is -2.61. The van der Waals surface area contributed by atoms with Gasteiger partial charge in [-0.15, -0.1) is 0 Å². The predicted molar refractivity (Wildman–Crippen MR) is 134 cm³/mol. The smallest absolute Gasteiger partial charge is 0.228 e. The molecule has 182 valence electrons. The summed E-state index contributed by atoms with van der Waals surface area (Å²) in [5, 5.41) is 4.56. The van der Waals surface area contributed by atoms with Gasteiger partial charge in [0.25, 0.3) is 0 Å². The highest BCUT2D eigenvalue weighted by Gasteiger charge is 2.48. The third-order valence-electron chi connectivity index (χ3n) is 8.26. The van der Waals surface area contributed by atoms with Crippen LogP contribution in [0.5, 0.6) is 5.75 Å². The van der Waals surface area contributed by atoms with Gasteiger partial charge in [-0.05, 0) is 66.5 Å². The molecule has 1 aromatic carbocycles. The second-order valence-electron chi connectivity index (χ2n) is 10.5. The van der Waals surface area contributed by atoms with E-state index >= 15 is 0 Å². The van der Waals surface area contributed by atoms with Gasteiger partial charge in [0.1, 0.15) is 5.75 Å². The van der Waals surface area contributed by atoms with E-state index in [9.17, 15) is 4.79 Å². The third-order valence-corrected chi connectivity index (χ3v) is 8.26. The Morgan fingerprint density at radius 2 is 1.97 bits per heavy atom. The van der Waals surface area contributed by atoms with Crippen LogP contribution in [0.25, 0.3) is 11.3 Å². The Hall–Kier alpha value is -3.19. The third kappa shape index (κ3) is 4.22. The molecule has 2 fully saturated rings. The van der Waals surface area contributed by atoms with Crippen LogP contribution in [0, 0.1) is 5.41 Å². The number of ether oxygens (including phenoxy) is 1. The van der Waals surface area contributed by atoms with Crippen LogP contribution in [-0.2, 0) is 24.7 Å². The van der Waals surface area contributed by atoms with Gasteiger partial charge in [0.15, 0.2) is 0 Å². The van der Waals surface area contributed by atoms with E-state index < -0.39 is 0 Å². The van der Waals surface area contributed by atoms with Crippen molar-refractivity contribution in [1.29, 1.82) is 0 Å². The van der Waals surface area contributed by atoms with E-state index in [1.165, 1.54) is 23.1 Å². The number of hydrogen-bond acceptors (Lipinski definition) is 5. The molecule has 0 saturated carbocycles. The Bertz CT molecular complexity index is 1220. The Labute approximate surface area is 206 Å². The minimum atomic E-state index is 0.183. The molecule has 1 unspecified atom stereocenters. The van der Waals surface area contributed by atoms with Crippen LogP contribution >= 0.6 is 0 Å². The number of rotatable bonds is 5. The minimum Gasteiger partial charge on any atom is -0.495 e. The minimum absolute atomic E-state index is 0.183. The van der Waals surface area contributed by atoms with Crippen molar-refractivity contribution in [3.05, 3.63) is 65.6 Å². The lowest BCUT2D eigenvalue weighted by atomic mass is 9.71. The molecule has 2 aliphatic heterocycles. The number of benzene rings is 1. The molecule has 1 aliphatic carbocycles. The molecule has 3 aliphatic rings. The molecule has 0 N–H and O–H groups in total. The number of amides is 1. The summed E-state index contributed by atoms with van der Waals surface area (Å²) in [4.78, 5) is 21.9. The number of fused-ring (bicyclic) bond motifs is 1. The number of pyridine rings is 1. The van der Waals surface area contributed by atoms with E-state index in [1.54, 1.807) is 13.3 Å². The summed E-state index contributed by atoms with van der Waals surface area (Å²) >= 11 is 0. The van der Waals surface area contributed by atoms with Crippen LogP contribution in [-0.4, -0.2) is 63.8 Å². The molecule has 35 heavy (non-hydrogen) atoms. The van der Waals surface area contributed by atoms with Crippen molar-refractivity contribution in [2.24, 2.45) is 12.5 Å². The molecule has 0 radical (unpaired) electrons. The number of aryl methyl sites for hydroxylation is 2. The molecule has 6 rings (SSSR count). The molecule has 2 saturated heterocycles. The van der Waals surface area contributed by atoms with Crippen molar-refractivity contribution in [2.75, 3.05) is 33.3 Å². The molecule has 7 heteroatoms. The van der Waals surface area contributed by atoms with Gasteiger partial charge in [0.05, 0.1) is 25.4 Å². The van der Waals surface area contributed by atoms with Crippen molar-refractivity contribution in [2.45, 2.75) is 38.1 Å². The number of methoxy groups -OCH3 is 1. The van der Waals surface area contributed by atoms with Gasteiger partial charge in [-0.25, -0.2) is 0 Å². The Morgan fingerprint density at radius 1 is 1.14 bits per heavy atom. The Morgan fingerprint density at radius 3 is 2.66 bits per heavy atom. The first kappa shape index (κ1) is 22.3. The van der Waals surface area contributed by atoms with E-state index in [0.717, 1.165) is 56.8 Å². The summed E-state index contributed by atoms with van der Waals surface area (Å²) in [5.41, 5.74) is 6.42. The summed E-state index contributed by atoms with van der Waals surface area (Å²) < 4.78 is 7.02. The molecule has 4 heterocycles. The number of nitrogens with zero attached hydrogens (tertiary/aromatic N) is 5. The maximum Gasteiger partial charge on any atom is 0.228 e. The molecule has 1 atom stereocenters. The second-order valence-corrected chi connectivity index (χ2v) is 10.5. The van der Waals surface area contributed by atoms with Crippen molar-refractivity contribution in [3.63, 3.8) is 0 Å². The van der Waals surface area contributed by atoms with E-state index in [4.69, 9.17) is 4.74 Å². The van der Waals surface area contributed by atoms with Crippen LogP contribution in [0.1, 0.15) is 42.1 Å². The van der Waals surface area contributed by atoms with Crippen molar-refractivity contribution in [1.82, 2.24) is 24.6 Å². The Kier molecular flexibility index (Phi) is 5.60. The van der Waals surface area contributed by atoms with Crippen LogP contribution in [0.3, 0.4) is 0 Å². The van der Waals surface area contributed by atoms with Crippen molar-refractivity contribution < 1.29 is 9.53 Å². The second kappa shape index (κ2) is 8.79. The molecule has 3 aromatic rings. The molecule has 1 amide bonds. The fourth-order valence-electron chi connectivity index (χ4n) is 6.19. The lowest BCUT2D eigenvalue weighted by Gasteiger charge is -2.56. The lowest BCUT2D eigenvalue weighted by molar-refractivity contribution is -0.136. The Balaban J connectivity index is 1.03. The monoisotopic (exact) mass is 471 g/mol. The average Bonchev–Trinajstić information content (AvgIpc) is 3.49. The van der Waals surface area contributed by atoms with Crippen LogP contribution in [0.15, 0.2) is 48.8 Å². The van der Waals surface area contributed by atoms with Gasteiger partial charge in [-0.3, -0.25) is 19.4 Å². The highest BCUT2D eigenvalue weighted by atomic mass is 16.5. The summed E-state index contributed by atoms with van der Waals surface area (Å²) in [7, 11) is 3.59. The first-order valence-electron chi connectivity index (χ1n) is 12.7. The number of aromatic nitrogens is 3. The standard InChI is InChI=1S/C28H33N5O2/c1-31-12-9-25(30-31)21-3-7-24-20(15-21)4-8-26(24)33-18-28(19-33)10-13-32(14-11-28)27(34)16-22-5-6-23(35-2)17-29-22/h3,5-7,9,12,15,17,26H,4,8,10-11,13-14,16,18-19H2,1-2H3. The highest BCUT2D eigenvalue weighted by molar-refractivity contribution is 5.78. The van der Waals surface area contributed by atoms with Gasteiger partial charge in [0, 0.05) is 56.7 Å². The van der Waals surface area contributed by atoms with Gasteiger partial charge in [0.2, 0.25) is 5.91 Å². The number of piperidine rings is 1. The quantitative estimate of drug-likeness (QED) is 0.569. The average molecular weight is 472 g/mol. The first-order valence-corrected chi connectivity index (χ1v) is 12.7. The van der Waals surface area contributed by atoms with Gasteiger partial charge in [-0.2, -0.15) is 5.10 Å². The van der Waals surface area contributed by atoms with Gasteiger partial charge in [-0.1, -0.05) is 12.1 Å². The number of hydrogen-bond donors (Lipinski definition) is 0.